The number of rotatable bonds is 3. The van der Waals surface area contributed by atoms with Crippen LogP contribution in [0.15, 0.2) is 42.5 Å². The summed E-state index contributed by atoms with van der Waals surface area (Å²) in [5.74, 6) is 0.217. The molecular weight excluding hydrogens is 257 g/mol. The molecule has 2 nitrogen and oxygen atoms in total. The lowest BCUT2D eigenvalue weighted by Crippen LogP contribution is -2.00. The van der Waals surface area contributed by atoms with Crippen LogP contribution in [-0.4, -0.2) is 5.11 Å². The third-order valence-electron chi connectivity index (χ3n) is 2.38. The summed E-state index contributed by atoms with van der Waals surface area (Å²) in [6.45, 7) is 0.468. The summed E-state index contributed by atoms with van der Waals surface area (Å²) in [7, 11) is 0. The maximum absolute atomic E-state index is 9.65. The van der Waals surface area contributed by atoms with Gasteiger partial charge in [0.1, 0.15) is 5.75 Å². The molecule has 0 radical (unpaired) electrons. The van der Waals surface area contributed by atoms with Gasteiger partial charge >= 0.3 is 0 Å². The number of benzene rings is 2. The molecule has 2 aromatic rings. The van der Waals surface area contributed by atoms with E-state index in [2.05, 4.69) is 5.32 Å². The predicted octanol–water partition coefficient (Wildman–Crippen LogP) is 4.31. The first kappa shape index (κ1) is 12.1. The van der Waals surface area contributed by atoms with Crippen LogP contribution in [0.5, 0.6) is 5.75 Å². The van der Waals surface area contributed by atoms with Crippen molar-refractivity contribution in [2.75, 3.05) is 5.32 Å². The fraction of sp³-hybridized carbons (Fsp3) is 0.0769. The van der Waals surface area contributed by atoms with Crippen molar-refractivity contribution in [3.63, 3.8) is 0 Å². The molecule has 0 heterocycles. The summed E-state index contributed by atoms with van der Waals surface area (Å²) in [6, 6.07) is 12.4. The van der Waals surface area contributed by atoms with E-state index in [4.69, 9.17) is 23.2 Å². The molecule has 17 heavy (non-hydrogen) atoms. The largest absolute Gasteiger partial charge is 0.508 e. The molecule has 0 aliphatic heterocycles. The molecule has 0 aromatic heterocycles. The summed E-state index contributed by atoms with van der Waals surface area (Å²) < 4.78 is 0. The van der Waals surface area contributed by atoms with Crippen LogP contribution in [0.25, 0.3) is 0 Å². The minimum absolute atomic E-state index is 0.217. The maximum Gasteiger partial charge on any atom is 0.120 e. The van der Waals surface area contributed by atoms with Gasteiger partial charge in [-0.15, -0.1) is 0 Å². The van der Waals surface area contributed by atoms with Crippen LogP contribution < -0.4 is 5.32 Å². The number of phenols is 1. The van der Waals surface area contributed by atoms with Crippen molar-refractivity contribution < 1.29 is 5.11 Å². The number of aromatic hydroxyl groups is 1. The van der Waals surface area contributed by atoms with Gasteiger partial charge in [-0.1, -0.05) is 35.3 Å². The number of halogens is 2. The number of para-hydroxylation sites is 1. The standard InChI is InChI=1S/C13H11Cl2NO/c14-10-5-6-13(17)9(7-10)8-16-12-4-2-1-3-11(12)15/h1-7,16-17H,8H2. The summed E-state index contributed by atoms with van der Waals surface area (Å²) in [5, 5.41) is 14.0. The van der Waals surface area contributed by atoms with Crippen LogP contribution in [0, 0.1) is 0 Å². The smallest absolute Gasteiger partial charge is 0.120 e. The fourth-order valence-electron chi connectivity index (χ4n) is 1.49. The van der Waals surface area contributed by atoms with Crippen molar-refractivity contribution in [2.45, 2.75) is 6.54 Å². The van der Waals surface area contributed by atoms with Crippen molar-refractivity contribution >= 4 is 28.9 Å². The van der Waals surface area contributed by atoms with Gasteiger partial charge < -0.3 is 10.4 Å². The Balaban J connectivity index is 2.12. The lowest BCUT2D eigenvalue weighted by atomic mass is 10.2. The molecule has 0 fully saturated rings. The molecule has 4 heteroatoms. The molecule has 0 spiro atoms. The van der Waals surface area contributed by atoms with Crippen LogP contribution in [0.3, 0.4) is 0 Å². The van der Waals surface area contributed by atoms with E-state index in [9.17, 15) is 5.11 Å². The minimum atomic E-state index is 0.217. The summed E-state index contributed by atoms with van der Waals surface area (Å²) in [4.78, 5) is 0. The van der Waals surface area contributed by atoms with Crippen molar-refractivity contribution in [1.82, 2.24) is 0 Å². The Morgan fingerprint density at radius 2 is 1.82 bits per heavy atom. The molecule has 0 bridgehead atoms. The van der Waals surface area contributed by atoms with E-state index in [0.29, 0.717) is 16.6 Å². The Morgan fingerprint density at radius 3 is 2.59 bits per heavy atom. The lowest BCUT2D eigenvalue weighted by molar-refractivity contribution is 0.469. The number of phenolic OH excluding ortho intramolecular Hbond substituents is 1. The minimum Gasteiger partial charge on any atom is -0.508 e. The fourth-order valence-corrected chi connectivity index (χ4v) is 1.89. The van der Waals surface area contributed by atoms with E-state index in [1.54, 1.807) is 18.2 Å². The van der Waals surface area contributed by atoms with Crippen LogP contribution in [0.4, 0.5) is 5.69 Å². The van der Waals surface area contributed by atoms with E-state index in [1.165, 1.54) is 0 Å². The number of anilines is 1. The quantitative estimate of drug-likeness (QED) is 0.869. The molecule has 88 valence electrons. The zero-order valence-electron chi connectivity index (χ0n) is 8.95. The highest BCUT2D eigenvalue weighted by Crippen LogP contribution is 2.25. The highest BCUT2D eigenvalue weighted by Gasteiger charge is 2.03. The molecule has 0 atom stereocenters. The lowest BCUT2D eigenvalue weighted by Gasteiger charge is -2.09. The average Bonchev–Trinajstić information content (AvgIpc) is 2.32. The second-order valence-electron chi connectivity index (χ2n) is 3.61. The van der Waals surface area contributed by atoms with Crippen molar-refractivity contribution in [3.8, 4) is 5.75 Å². The maximum atomic E-state index is 9.65. The first-order valence-corrected chi connectivity index (χ1v) is 5.88. The van der Waals surface area contributed by atoms with Crippen LogP contribution in [0.2, 0.25) is 10.0 Å². The van der Waals surface area contributed by atoms with E-state index in [-0.39, 0.29) is 5.75 Å². The van der Waals surface area contributed by atoms with Crippen molar-refractivity contribution in [1.29, 1.82) is 0 Å². The van der Waals surface area contributed by atoms with Crippen molar-refractivity contribution in [2.24, 2.45) is 0 Å². The zero-order chi connectivity index (χ0) is 12.3. The van der Waals surface area contributed by atoms with Crippen LogP contribution >= 0.6 is 23.2 Å². The molecule has 2 N–H and O–H groups in total. The monoisotopic (exact) mass is 267 g/mol. The van der Waals surface area contributed by atoms with Gasteiger partial charge in [-0.2, -0.15) is 0 Å². The van der Waals surface area contributed by atoms with Crippen molar-refractivity contribution in [3.05, 3.63) is 58.1 Å². The molecule has 0 unspecified atom stereocenters. The van der Waals surface area contributed by atoms with Gasteiger partial charge in [0.25, 0.3) is 0 Å². The highest BCUT2D eigenvalue weighted by atomic mass is 35.5. The normalized spacial score (nSPS) is 10.2. The summed E-state index contributed by atoms with van der Waals surface area (Å²) in [5.41, 5.74) is 1.56. The van der Waals surface area contributed by atoms with Gasteiger partial charge in [0.2, 0.25) is 0 Å². The first-order valence-electron chi connectivity index (χ1n) is 5.12. The highest BCUT2D eigenvalue weighted by molar-refractivity contribution is 6.33. The Hall–Kier alpha value is -1.38. The van der Waals surface area contributed by atoms with E-state index < -0.39 is 0 Å². The van der Waals surface area contributed by atoms with Gasteiger partial charge in [-0.25, -0.2) is 0 Å². The molecule has 0 saturated carbocycles. The van der Waals surface area contributed by atoms with Crippen LogP contribution in [-0.2, 0) is 6.54 Å². The Kier molecular flexibility index (Phi) is 3.77. The zero-order valence-corrected chi connectivity index (χ0v) is 10.5. The van der Waals surface area contributed by atoms with Gasteiger partial charge in [-0.3, -0.25) is 0 Å². The van der Waals surface area contributed by atoms with Gasteiger partial charge in [0, 0.05) is 17.1 Å². The number of hydrogen-bond donors (Lipinski definition) is 2. The summed E-state index contributed by atoms with van der Waals surface area (Å²) in [6.07, 6.45) is 0. The Morgan fingerprint density at radius 1 is 1.06 bits per heavy atom. The number of nitrogens with one attached hydrogen (secondary N) is 1. The molecule has 0 aliphatic carbocycles. The van der Waals surface area contributed by atoms with Gasteiger partial charge in [0.15, 0.2) is 0 Å². The van der Waals surface area contributed by atoms with E-state index in [0.717, 1.165) is 11.3 Å². The molecule has 0 amide bonds. The SMILES string of the molecule is Oc1ccc(Cl)cc1CNc1ccccc1Cl. The van der Waals surface area contributed by atoms with Crippen LogP contribution in [0.1, 0.15) is 5.56 Å². The number of hydrogen-bond acceptors (Lipinski definition) is 2. The van der Waals surface area contributed by atoms with Gasteiger partial charge in [-0.05, 0) is 30.3 Å². The second kappa shape index (κ2) is 5.30. The van der Waals surface area contributed by atoms with Gasteiger partial charge in [0.05, 0.1) is 10.7 Å². The predicted molar refractivity (Wildman–Crippen MR) is 71.9 cm³/mol. The molecule has 0 saturated heterocycles. The third-order valence-corrected chi connectivity index (χ3v) is 2.95. The molecule has 2 aromatic carbocycles. The average molecular weight is 268 g/mol. The molecular formula is C13H11Cl2NO. The van der Waals surface area contributed by atoms with E-state index >= 15 is 0 Å². The third kappa shape index (κ3) is 3.05. The van der Waals surface area contributed by atoms with E-state index in [1.807, 2.05) is 24.3 Å². The topological polar surface area (TPSA) is 32.3 Å². The second-order valence-corrected chi connectivity index (χ2v) is 4.45. The Bertz CT molecular complexity index is 529. The molecule has 0 aliphatic rings. The Labute approximate surface area is 110 Å². The summed E-state index contributed by atoms with van der Waals surface area (Å²) >= 11 is 11.9. The first-order chi connectivity index (χ1) is 8.16. The molecule has 2 rings (SSSR count).